The van der Waals surface area contributed by atoms with E-state index in [2.05, 4.69) is 41.5 Å². The van der Waals surface area contributed by atoms with Gasteiger partial charge in [0.05, 0.1) is 26.4 Å². The fraction of sp³-hybridized carbons (Fsp3) is 0.951. The SMILES string of the molecule is CCCCCCCCCCCCCCCCCCCCCCC(=O)O[C@H](COC(=O)CCCCCCCCCCCCCCC(C)C)COP(=O)(O)OC[C@@H](O)COP(=O)(O)OC[C@@H](COC(=O)CCCCCCCCCCC(C)CC)OC(=O)CCCCCCCCCCCCCCCC. The minimum absolute atomic E-state index is 0.108. The molecule has 0 aliphatic carbocycles. The maximum absolute atomic E-state index is 13.1. The molecule has 0 aromatic carbocycles. The van der Waals surface area contributed by atoms with E-state index in [4.69, 9.17) is 37.0 Å². The van der Waals surface area contributed by atoms with Crippen LogP contribution in [0.4, 0.5) is 0 Å². The number of aliphatic hydroxyl groups is 1. The molecular formula is C82H160O17P2. The van der Waals surface area contributed by atoms with Crippen molar-refractivity contribution in [1.82, 2.24) is 0 Å². The van der Waals surface area contributed by atoms with E-state index in [0.717, 1.165) is 102 Å². The number of phosphoric ester groups is 2. The number of esters is 4. The third kappa shape index (κ3) is 74.7. The molecule has 0 aliphatic rings. The Bertz CT molecular complexity index is 1940. The van der Waals surface area contributed by atoms with Gasteiger partial charge in [-0.2, -0.15) is 0 Å². The van der Waals surface area contributed by atoms with Crippen molar-refractivity contribution in [1.29, 1.82) is 0 Å². The van der Waals surface area contributed by atoms with Crippen LogP contribution in [0.1, 0.15) is 433 Å². The Hall–Kier alpha value is -1.94. The highest BCUT2D eigenvalue weighted by Crippen LogP contribution is 2.45. The smallest absolute Gasteiger partial charge is 0.462 e. The molecule has 3 N–H and O–H groups in total. The summed E-state index contributed by atoms with van der Waals surface area (Å²) in [5.74, 6) is -0.547. The first-order valence-electron chi connectivity index (χ1n) is 42.5. The molecule has 19 heteroatoms. The van der Waals surface area contributed by atoms with Crippen molar-refractivity contribution in [2.45, 2.75) is 452 Å². The van der Waals surface area contributed by atoms with Crippen LogP contribution >= 0.6 is 15.6 Å². The Kier molecular flexibility index (Phi) is 72.2. The molecule has 0 heterocycles. The maximum atomic E-state index is 13.1. The van der Waals surface area contributed by atoms with Gasteiger partial charge in [-0.15, -0.1) is 0 Å². The first-order chi connectivity index (χ1) is 48.9. The molecule has 0 aromatic rings. The first kappa shape index (κ1) is 99.1. The van der Waals surface area contributed by atoms with Gasteiger partial charge in [0.2, 0.25) is 0 Å². The second-order valence-electron chi connectivity index (χ2n) is 30.2. The van der Waals surface area contributed by atoms with E-state index in [-0.39, 0.29) is 25.7 Å². The molecule has 6 atom stereocenters. The van der Waals surface area contributed by atoms with E-state index >= 15 is 0 Å². The molecule has 600 valence electrons. The van der Waals surface area contributed by atoms with Crippen LogP contribution < -0.4 is 0 Å². The fourth-order valence-corrected chi connectivity index (χ4v) is 14.3. The van der Waals surface area contributed by atoms with Crippen LogP contribution in [0, 0.1) is 11.8 Å². The maximum Gasteiger partial charge on any atom is 0.472 e. The summed E-state index contributed by atoms with van der Waals surface area (Å²) < 4.78 is 68.8. The first-order valence-corrected chi connectivity index (χ1v) is 45.5. The van der Waals surface area contributed by atoms with Gasteiger partial charge in [-0.05, 0) is 37.5 Å². The number of unbranched alkanes of at least 4 members (excludes halogenated alkanes) is 50. The van der Waals surface area contributed by atoms with E-state index in [9.17, 15) is 43.2 Å². The highest BCUT2D eigenvalue weighted by Gasteiger charge is 2.30. The number of aliphatic hydroxyl groups excluding tert-OH is 1. The normalized spacial score (nSPS) is 14.2. The number of ether oxygens (including phenoxy) is 4. The van der Waals surface area contributed by atoms with Gasteiger partial charge in [0.25, 0.3) is 0 Å². The summed E-state index contributed by atoms with van der Waals surface area (Å²) in [5, 5.41) is 10.7. The second kappa shape index (κ2) is 73.6. The standard InChI is InChI=1S/C82H160O17P2/c1-7-10-12-14-16-18-20-22-24-25-26-27-28-29-31-37-41-49-55-61-67-82(87)98-77(70-92-79(84)64-58-52-46-39-35-33-32-34-38-44-50-56-62-74(4)5)72-96-100(88,89)94-68-76(83)69-95-101(90,91)97-73-78(71-93-80(85)65-59-53-47-43-42-45-51-57-63-75(6)9-3)99-81(86)66-60-54-48-40-36-30-23-21-19-17-15-13-11-8-2/h74-78,83H,7-73H2,1-6H3,(H,88,89)(H,90,91)/t75?,76-,77-,78-/m1/s1. The summed E-state index contributed by atoms with van der Waals surface area (Å²) in [7, 11) is -9.92. The number of hydrogen-bond acceptors (Lipinski definition) is 15. The van der Waals surface area contributed by atoms with Gasteiger partial charge in [0.15, 0.2) is 12.2 Å². The van der Waals surface area contributed by atoms with Gasteiger partial charge in [-0.1, -0.05) is 382 Å². The van der Waals surface area contributed by atoms with Crippen molar-refractivity contribution in [3.8, 4) is 0 Å². The summed E-state index contributed by atoms with van der Waals surface area (Å²) in [5.41, 5.74) is 0. The van der Waals surface area contributed by atoms with E-state index in [1.54, 1.807) is 0 Å². The molecule has 17 nitrogen and oxygen atoms in total. The molecule has 0 saturated carbocycles. The summed E-state index contributed by atoms with van der Waals surface area (Å²) in [6.45, 7) is 9.66. The monoisotopic (exact) mass is 1480 g/mol. The van der Waals surface area contributed by atoms with Crippen molar-refractivity contribution in [2.75, 3.05) is 39.6 Å². The summed E-state index contributed by atoms with van der Waals surface area (Å²) >= 11 is 0. The molecule has 0 fully saturated rings. The predicted octanol–water partition coefficient (Wildman–Crippen LogP) is 24.7. The highest BCUT2D eigenvalue weighted by atomic mass is 31.2. The zero-order chi connectivity index (χ0) is 74.2. The predicted molar refractivity (Wildman–Crippen MR) is 414 cm³/mol. The van der Waals surface area contributed by atoms with Crippen LogP contribution in [-0.4, -0.2) is 96.7 Å². The number of phosphoric acid groups is 2. The molecule has 0 amide bonds. The lowest BCUT2D eigenvalue weighted by atomic mass is 9.99. The third-order valence-corrected chi connectivity index (χ3v) is 21.5. The highest BCUT2D eigenvalue weighted by molar-refractivity contribution is 7.47. The number of carbonyl (C=O) groups is 4. The third-order valence-electron chi connectivity index (χ3n) is 19.6. The quantitative estimate of drug-likeness (QED) is 0.0222. The molecule has 0 aliphatic heterocycles. The van der Waals surface area contributed by atoms with Crippen molar-refractivity contribution in [3.05, 3.63) is 0 Å². The van der Waals surface area contributed by atoms with Crippen LogP contribution in [0.15, 0.2) is 0 Å². The molecule has 101 heavy (non-hydrogen) atoms. The Morgan fingerprint density at radius 3 is 0.752 bits per heavy atom. The Balaban J connectivity index is 5.25. The lowest BCUT2D eigenvalue weighted by molar-refractivity contribution is -0.161. The van der Waals surface area contributed by atoms with Crippen molar-refractivity contribution in [3.63, 3.8) is 0 Å². The minimum Gasteiger partial charge on any atom is -0.462 e. The lowest BCUT2D eigenvalue weighted by Gasteiger charge is -2.21. The summed E-state index contributed by atoms with van der Waals surface area (Å²) in [4.78, 5) is 73.1. The zero-order valence-electron chi connectivity index (χ0n) is 66.2. The molecule has 0 spiro atoms. The molecule has 0 bridgehead atoms. The molecule has 0 rings (SSSR count). The molecule has 3 unspecified atom stereocenters. The van der Waals surface area contributed by atoms with Gasteiger partial charge >= 0.3 is 39.5 Å². The molecular weight excluding hydrogens is 1320 g/mol. The van der Waals surface area contributed by atoms with Gasteiger partial charge in [-0.3, -0.25) is 37.3 Å². The van der Waals surface area contributed by atoms with Crippen LogP contribution in [0.25, 0.3) is 0 Å². The van der Waals surface area contributed by atoms with Crippen LogP contribution in [0.2, 0.25) is 0 Å². The Labute approximate surface area is 619 Å². The second-order valence-corrected chi connectivity index (χ2v) is 33.1. The van der Waals surface area contributed by atoms with Crippen molar-refractivity contribution in [2.24, 2.45) is 11.8 Å². The number of rotatable bonds is 81. The van der Waals surface area contributed by atoms with Crippen LogP contribution in [0.5, 0.6) is 0 Å². The topological polar surface area (TPSA) is 237 Å². The van der Waals surface area contributed by atoms with Gasteiger partial charge in [0, 0.05) is 25.7 Å². The zero-order valence-corrected chi connectivity index (χ0v) is 68.0. The Morgan fingerprint density at radius 2 is 0.505 bits per heavy atom. The van der Waals surface area contributed by atoms with Crippen molar-refractivity contribution >= 4 is 39.5 Å². The average Bonchev–Trinajstić information content (AvgIpc) is 0.933. The number of carbonyl (C=O) groups excluding carboxylic acids is 4. The molecule has 0 radical (unpaired) electrons. The lowest BCUT2D eigenvalue weighted by Crippen LogP contribution is -2.30. The molecule has 0 saturated heterocycles. The van der Waals surface area contributed by atoms with Gasteiger partial charge in [0.1, 0.15) is 19.3 Å². The van der Waals surface area contributed by atoms with Crippen LogP contribution in [-0.2, 0) is 65.4 Å². The summed E-state index contributed by atoms with van der Waals surface area (Å²) in [6, 6.07) is 0. The van der Waals surface area contributed by atoms with E-state index in [0.29, 0.717) is 25.7 Å². The average molecular weight is 1480 g/mol. The van der Waals surface area contributed by atoms with E-state index < -0.39 is 97.5 Å². The van der Waals surface area contributed by atoms with Gasteiger partial charge < -0.3 is 33.8 Å². The minimum atomic E-state index is -4.96. The molecule has 0 aromatic heterocycles. The van der Waals surface area contributed by atoms with Gasteiger partial charge in [-0.25, -0.2) is 9.13 Å². The summed E-state index contributed by atoms with van der Waals surface area (Å²) in [6.07, 6.45) is 63.7. The van der Waals surface area contributed by atoms with E-state index in [1.165, 1.54) is 250 Å². The largest absolute Gasteiger partial charge is 0.472 e. The number of hydrogen-bond donors (Lipinski definition) is 3. The van der Waals surface area contributed by atoms with Crippen LogP contribution in [0.3, 0.4) is 0 Å². The van der Waals surface area contributed by atoms with Crippen molar-refractivity contribution < 1.29 is 80.2 Å². The van der Waals surface area contributed by atoms with E-state index in [1.807, 2.05) is 0 Å². The fourth-order valence-electron chi connectivity index (χ4n) is 12.7. The Morgan fingerprint density at radius 1 is 0.287 bits per heavy atom.